The van der Waals surface area contributed by atoms with Crippen LogP contribution >= 0.6 is 0 Å². The van der Waals surface area contributed by atoms with Crippen LogP contribution in [0.15, 0.2) is 0 Å². The monoisotopic (exact) mass is 290 g/mol. The lowest BCUT2D eigenvalue weighted by atomic mass is 9.72. The van der Waals surface area contributed by atoms with Crippen LogP contribution in [0.3, 0.4) is 0 Å². The summed E-state index contributed by atoms with van der Waals surface area (Å²) in [5.41, 5.74) is 0. The molecule has 4 atom stereocenters. The van der Waals surface area contributed by atoms with Gasteiger partial charge in [-0.1, -0.05) is 13.8 Å². The Balaban J connectivity index is 2.53. The van der Waals surface area contributed by atoms with E-state index in [4.69, 9.17) is 0 Å². The summed E-state index contributed by atoms with van der Waals surface area (Å²) < 4.78 is 22.4. The number of sulfone groups is 1. The van der Waals surface area contributed by atoms with E-state index in [0.29, 0.717) is 24.4 Å². The summed E-state index contributed by atoms with van der Waals surface area (Å²) >= 11 is 0. The zero-order valence-corrected chi connectivity index (χ0v) is 13.8. The van der Waals surface area contributed by atoms with E-state index < -0.39 is 9.84 Å². The Bertz CT molecular complexity index is 370. The molecule has 0 aliphatic heterocycles. The lowest BCUT2D eigenvalue weighted by Gasteiger charge is -2.41. The highest BCUT2D eigenvalue weighted by Gasteiger charge is 2.33. The molecule has 0 aromatic carbocycles. The minimum absolute atomic E-state index is 0.255. The SMILES string of the molecule is CNC1CC(C)CC(C)C1CN(C)CCS(C)(=O)=O. The summed E-state index contributed by atoms with van der Waals surface area (Å²) in [7, 11) is 1.21. The third kappa shape index (κ3) is 5.79. The van der Waals surface area contributed by atoms with Crippen LogP contribution in [-0.2, 0) is 9.84 Å². The molecule has 4 unspecified atom stereocenters. The third-order valence-corrected chi connectivity index (χ3v) is 5.34. The van der Waals surface area contributed by atoms with Crippen molar-refractivity contribution in [3.05, 3.63) is 0 Å². The Kier molecular flexibility index (Phi) is 6.27. The van der Waals surface area contributed by atoms with Gasteiger partial charge in [0.25, 0.3) is 0 Å². The first kappa shape index (κ1) is 16.9. The molecule has 0 radical (unpaired) electrons. The summed E-state index contributed by atoms with van der Waals surface area (Å²) in [6, 6.07) is 0.555. The molecule has 1 fully saturated rings. The number of nitrogens with zero attached hydrogens (tertiary/aromatic N) is 1. The first-order valence-electron chi connectivity index (χ1n) is 7.26. The Labute approximate surface area is 118 Å². The first-order chi connectivity index (χ1) is 8.73. The van der Waals surface area contributed by atoms with Gasteiger partial charge in [-0.3, -0.25) is 0 Å². The van der Waals surface area contributed by atoms with E-state index >= 15 is 0 Å². The van der Waals surface area contributed by atoms with Crippen LogP contribution in [0.1, 0.15) is 26.7 Å². The average molecular weight is 290 g/mol. The summed E-state index contributed by atoms with van der Waals surface area (Å²) in [5.74, 6) is 2.35. The van der Waals surface area contributed by atoms with E-state index in [1.807, 2.05) is 14.1 Å². The molecule has 1 aliphatic rings. The summed E-state index contributed by atoms with van der Waals surface area (Å²) in [6.07, 6.45) is 3.82. The smallest absolute Gasteiger partial charge is 0.148 e. The van der Waals surface area contributed by atoms with Crippen LogP contribution in [0.25, 0.3) is 0 Å². The lowest BCUT2D eigenvalue weighted by molar-refractivity contribution is 0.118. The molecule has 0 amide bonds. The van der Waals surface area contributed by atoms with Gasteiger partial charge in [0, 0.05) is 25.4 Å². The second kappa shape index (κ2) is 7.04. The molecular formula is C14H30N2O2S. The van der Waals surface area contributed by atoms with Gasteiger partial charge in [0.1, 0.15) is 9.84 Å². The minimum atomic E-state index is -2.86. The van der Waals surface area contributed by atoms with Crippen molar-refractivity contribution < 1.29 is 8.42 Å². The molecule has 0 aromatic heterocycles. The molecule has 0 spiro atoms. The zero-order chi connectivity index (χ0) is 14.6. The van der Waals surface area contributed by atoms with E-state index in [0.717, 1.165) is 12.5 Å². The molecule has 114 valence electrons. The predicted octanol–water partition coefficient (Wildman–Crippen LogP) is 1.23. The molecular weight excluding hydrogens is 260 g/mol. The van der Waals surface area contributed by atoms with Crippen LogP contribution < -0.4 is 5.32 Å². The summed E-state index contributed by atoms with van der Waals surface area (Å²) in [5, 5.41) is 3.45. The molecule has 1 aliphatic carbocycles. The van der Waals surface area contributed by atoms with Crippen LogP contribution in [0.2, 0.25) is 0 Å². The summed E-state index contributed by atoms with van der Waals surface area (Å²) in [6.45, 7) is 6.27. The van der Waals surface area contributed by atoms with Crippen molar-refractivity contribution in [2.75, 3.05) is 39.2 Å². The normalized spacial score (nSPS) is 32.7. The van der Waals surface area contributed by atoms with Crippen molar-refractivity contribution in [1.82, 2.24) is 10.2 Å². The van der Waals surface area contributed by atoms with Crippen molar-refractivity contribution in [1.29, 1.82) is 0 Å². The fraction of sp³-hybridized carbons (Fsp3) is 1.00. The zero-order valence-electron chi connectivity index (χ0n) is 13.0. The Morgan fingerprint density at radius 2 is 1.89 bits per heavy atom. The predicted molar refractivity (Wildman–Crippen MR) is 81.1 cm³/mol. The van der Waals surface area contributed by atoms with Crippen LogP contribution in [0, 0.1) is 17.8 Å². The Morgan fingerprint density at radius 3 is 2.42 bits per heavy atom. The topological polar surface area (TPSA) is 49.4 Å². The van der Waals surface area contributed by atoms with Crippen LogP contribution in [0.4, 0.5) is 0 Å². The number of rotatable bonds is 6. The molecule has 0 bridgehead atoms. The molecule has 1 rings (SSSR count). The van der Waals surface area contributed by atoms with E-state index in [-0.39, 0.29) is 5.75 Å². The minimum Gasteiger partial charge on any atom is -0.317 e. The van der Waals surface area contributed by atoms with E-state index in [1.54, 1.807) is 0 Å². The van der Waals surface area contributed by atoms with Crippen molar-refractivity contribution in [3.63, 3.8) is 0 Å². The van der Waals surface area contributed by atoms with E-state index in [9.17, 15) is 8.42 Å². The second-order valence-corrected chi connectivity index (χ2v) is 8.76. The lowest BCUT2D eigenvalue weighted by Crippen LogP contribution is -2.47. The van der Waals surface area contributed by atoms with Crippen LogP contribution in [0.5, 0.6) is 0 Å². The largest absolute Gasteiger partial charge is 0.317 e. The molecule has 19 heavy (non-hydrogen) atoms. The fourth-order valence-corrected chi connectivity index (χ4v) is 3.97. The van der Waals surface area contributed by atoms with E-state index in [2.05, 4.69) is 24.1 Å². The number of hydrogen-bond acceptors (Lipinski definition) is 4. The molecule has 4 nitrogen and oxygen atoms in total. The standard InChI is InChI=1S/C14H30N2O2S/c1-11-8-12(2)13(14(9-11)15-3)10-16(4)6-7-19(5,17)18/h11-15H,6-10H2,1-5H3. The van der Waals surface area contributed by atoms with Gasteiger partial charge in [0.05, 0.1) is 5.75 Å². The van der Waals surface area contributed by atoms with Gasteiger partial charge in [-0.05, 0) is 44.7 Å². The van der Waals surface area contributed by atoms with Crippen molar-refractivity contribution in [3.8, 4) is 0 Å². The molecule has 5 heteroatoms. The van der Waals surface area contributed by atoms with Gasteiger partial charge < -0.3 is 10.2 Å². The second-order valence-electron chi connectivity index (χ2n) is 6.51. The van der Waals surface area contributed by atoms with Crippen LogP contribution in [-0.4, -0.2) is 58.6 Å². The van der Waals surface area contributed by atoms with Gasteiger partial charge in [-0.15, -0.1) is 0 Å². The van der Waals surface area contributed by atoms with Gasteiger partial charge in [-0.2, -0.15) is 0 Å². The van der Waals surface area contributed by atoms with Gasteiger partial charge >= 0.3 is 0 Å². The van der Waals surface area contributed by atoms with Gasteiger partial charge in [0.2, 0.25) is 0 Å². The molecule has 0 heterocycles. The van der Waals surface area contributed by atoms with Crippen molar-refractivity contribution in [2.45, 2.75) is 32.7 Å². The highest BCUT2D eigenvalue weighted by atomic mass is 32.2. The summed E-state index contributed by atoms with van der Waals surface area (Å²) in [4.78, 5) is 2.17. The van der Waals surface area contributed by atoms with E-state index in [1.165, 1.54) is 19.1 Å². The Morgan fingerprint density at radius 1 is 1.26 bits per heavy atom. The number of hydrogen-bond donors (Lipinski definition) is 1. The third-order valence-electron chi connectivity index (χ3n) is 4.42. The average Bonchev–Trinajstić information content (AvgIpc) is 2.28. The molecule has 1 N–H and O–H groups in total. The highest BCUT2D eigenvalue weighted by molar-refractivity contribution is 7.90. The maximum Gasteiger partial charge on any atom is 0.148 e. The quantitative estimate of drug-likeness (QED) is 0.799. The molecule has 0 aromatic rings. The Hall–Kier alpha value is -0.130. The first-order valence-corrected chi connectivity index (χ1v) is 9.32. The van der Waals surface area contributed by atoms with Gasteiger partial charge in [0.15, 0.2) is 0 Å². The molecule has 1 saturated carbocycles. The maximum atomic E-state index is 11.2. The molecule has 0 saturated heterocycles. The highest BCUT2D eigenvalue weighted by Crippen LogP contribution is 2.34. The van der Waals surface area contributed by atoms with Crippen molar-refractivity contribution >= 4 is 9.84 Å². The van der Waals surface area contributed by atoms with Crippen molar-refractivity contribution in [2.24, 2.45) is 17.8 Å². The maximum absolute atomic E-state index is 11.2. The van der Waals surface area contributed by atoms with Gasteiger partial charge in [-0.25, -0.2) is 8.42 Å². The fourth-order valence-electron chi connectivity index (χ4n) is 3.32. The number of nitrogens with one attached hydrogen (secondary N) is 1.